The number of hydrogen-bond donors (Lipinski definition) is 2. The molecule has 2 aliphatic heterocycles. The van der Waals surface area contributed by atoms with E-state index in [1.807, 2.05) is 0 Å². The summed E-state index contributed by atoms with van der Waals surface area (Å²) in [6.45, 7) is 2.10. The SMILES string of the molecule is CCC(C)(O)c1cc(F)c2c(c1)C(=O)N(C(CC(=O)O)c1ccc(Cl)cc1)[C@@]2(OCC1(F)COC1)c1ccc(Cl)cc1. The van der Waals surface area contributed by atoms with Crippen molar-refractivity contribution in [1.82, 2.24) is 4.90 Å². The molecule has 1 amide bonds. The zero-order valence-corrected chi connectivity index (χ0v) is 24.4. The average Bonchev–Trinajstić information content (AvgIpc) is 3.19. The third kappa shape index (κ3) is 5.29. The number of ether oxygens (including phenoxy) is 2. The Morgan fingerprint density at radius 2 is 1.71 bits per heavy atom. The third-order valence-electron chi connectivity index (χ3n) is 7.96. The van der Waals surface area contributed by atoms with Crippen molar-refractivity contribution in [1.29, 1.82) is 0 Å². The fraction of sp³-hybridized carbons (Fsp3) is 0.355. The Kier molecular flexibility index (Phi) is 8.10. The van der Waals surface area contributed by atoms with Crippen LogP contribution in [0.2, 0.25) is 10.0 Å². The van der Waals surface area contributed by atoms with Crippen LogP contribution in [0.5, 0.6) is 0 Å². The molecule has 0 spiro atoms. The molecule has 2 aliphatic rings. The topological polar surface area (TPSA) is 96.3 Å². The summed E-state index contributed by atoms with van der Waals surface area (Å²) in [4.78, 5) is 27.9. The number of fused-ring (bicyclic) bond motifs is 1. The highest BCUT2D eigenvalue weighted by Gasteiger charge is 2.58. The Bertz CT molecular complexity index is 1510. The van der Waals surface area contributed by atoms with Crippen LogP contribution in [0.1, 0.15) is 65.3 Å². The molecule has 11 heteroatoms. The smallest absolute Gasteiger partial charge is 0.305 e. The summed E-state index contributed by atoms with van der Waals surface area (Å²) in [5.41, 5.74) is -5.12. The van der Waals surface area contributed by atoms with Gasteiger partial charge in [-0.1, -0.05) is 54.4 Å². The number of halogens is 4. The molecule has 1 saturated heterocycles. The molecule has 0 aliphatic carbocycles. The highest BCUT2D eigenvalue weighted by Crippen LogP contribution is 2.52. The molecule has 0 saturated carbocycles. The second-order valence-corrected chi connectivity index (χ2v) is 11.8. The number of aliphatic hydroxyl groups is 1. The van der Waals surface area contributed by atoms with Gasteiger partial charge in [0.25, 0.3) is 5.91 Å². The van der Waals surface area contributed by atoms with Gasteiger partial charge in [0.2, 0.25) is 5.72 Å². The first-order valence-electron chi connectivity index (χ1n) is 13.4. The molecule has 0 aromatic heterocycles. The van der Waals surface area contributed by atoms with E-state index in [4.69, 9.17) is 32.7 Å². The molecule has 5 rings (SSSR count). The number of benzene rings is 3. The van der Waals surface area contributed by atoms with Crippen molar-refractivity contribution in [2.24, 2.45) is 0 Å². The summed E-state index contributed by atoms with van der Waals surface area (Å²) in [6, 6.07) is 13.6. The molecule has 3 atom stereocenters. The zero-order chi connectivity index (χ0) is 30.4. The van der Waals surface area contributed by atoms with Gasteiger partial charge in [-0.3, -0.25) is 14.5 Å². The molecule has 3 aromatic rings. The van der Waals surface area contributed by atoms with Crippen molar-refractivity contribution in [3.63, 3.8) is 0 Å². The van der Waals surface area contributed by atoms with Crippen LogP contribution in [-0.2, 0) is 25.6 Å². The fourth-order valence-electron chi connectivity index (χ4n) is 5.42. The van der Waals surface area contributed by atoms with Crippen LogP contribution in [0.3, 0.4) is 0 Å². The quantitative estimate of drug-likeness (QED) is 0.273. The summed E-state index contributed by atoms with van der Waals surface area (Å²) in [5.74, 6) is -2.88. The number of carboxylic acids is 1. The van der Waals surface area contributed by atoms with Crippen molar-refractivity contribution in [3.8, 4) is 0 Å². The standard InChI is InChI=1S/C31H29Cl2F2NO6/c1-3-29(2,40)20-12-23-27(24(34)13-20)31(19-6-10-22(33)11-7-19,42-17-30(35)15-41-16-30)36(28(23)39)25(14-26(37)38)18-4-8-21(32)9-5-18/h4-13,25,40H,3,14-17H2,1-2H3,(H,37,38)/t25?,29?,31-/m1/s1. The van der Waals surface area contributed by atoms with Crippen LogP contribution in [0.25, 0.3) is 0 Å². The third-order valence-corrected chi connectivity index (χ3v) is 8.46. The largest absolute Gasteiger partial charge is 0.481 e. The minimum absolute atomic E-state index is 0.143. The first-order chi connectivity index (χ1) is 19.8. The number of alkyl halides is 1. The second-order valence-electron chi connectivity index (χ2n) is 10.9. The molecule has 2 heterocycles. The zero-order valence-electron chi connectivity index (χ0n) is 22.9. The number of carbonyl (C=O) groups is 2. The number of amides is 1. The van der Waals surface area contributed by atoms with Crippen LogP contribution in [0.4, 0.5) is 8.78 Å². The van der Waals surface area contributed by atoms with E-state index < -0.39 is 53.8 Å². The Hall–Kier alpha value is -3.08. The summed E-state index contributed by atoms with van der Waals surface area (Å²) < 4.78 is 43.3. The fourth-order valence-corrected chi connectivity index (χ4v) is 5.67. The highest BCUT2D eigenvalue weighted by atomic mass is 35.5. The van der Waals surface area contributed by atoms with Gasteiger partial charge in [-0.05, 0) is 60.9 Å². The van der Waals surface area contributed by atoms with Crippen LogP contribution in [0.15, 0.2) is 60.7 Å². The number of carbonyl (C=O) groups excluding carboxylic acids is 1. The van der Waals surface area contributed by atoms with Gasteiger partial charge in [-0.2, -0.15) is 0 Å². The molecule has 7 nitrogen and oxygen atoms in total. The lowest BCUT2D eigenvalue weighted by Gasteiger charge is -2.45. The van der Waals surface area contributed by atoms with Crippen molar-refractivity contribution >= 4 is 35.1 Å². The molecule has 0 radical (unpaired) electrons. The van der Waals surface area contributed by atoms with Crippen molar-refractivity contribution in [3.05, 3.63) is 104 Å². The Balaban J connectivity index is 1.83. The van der Waals surface area contributed by atoms with Gasteiger partial charge in [0, 0.05) is 15.6 Å². The second kappa shape index (κ2) is 11.2. The van der Waals surface area contributed by atoms with Gasteiger partial charge in [0.1, 0.15) is 5.82 Å². The predicted octanol–water partition coefficient (Wildman–Crippen LogP) is 6.38. The lowest BCUT2D eigenvalue weighted by atomic mass is 9.86. The highest BCUT2D eigenvalue weighted by molar-refractivity contribution is 6.30. The Morgan fingerprint density at radius 3 is 2.24 bits per heavy atom. The molecular formula is C31H29Cl2F2NO6. The van der Waals surface area contributed by atoms with E-state index in [1.165, 1.54) is 37.3 Å². The van der Waals surface area contributed by atoms with E-state index in [9.17, 15) is 19.8 Å². The van der Waals surface area contributed by atoms with E-state index in [-0.39, 0.29) is 41.9 Å². The number of carboxylic acid groups (broad SMARTS) is 1. The van der Waals surface area contributed by atoms with Gasteiger partial charge in [0.15, 0.2) is 5.67 Å². The van der Waals surface area contributed by atoms with Gasteiger partial charge < -0.3 is 19.7 Å². The first kappa shape index (κ1) is 30.4. The van der Waals surface area contributed by atoms with E-state index in [0.29, 0.717) is 15.6 Å². The summed E-state index contributed by atoms with van der Waals surface area (Å²) in [5, 5.41) is 21.7. The minimum Gasteiger partial charge on any atom is -0.481 e. The average molecular weight is 620 g/mol. The summed E-state index contributed by atoms with van der Waals surface area (Å²) in [7, 11) is 0. The molecule has 0 bridgehead atoms. The molecule has 3 aromatic carbocycles. The van der Waals surface area contributed by atoms with E-state index in [1.54, 1.807) is 31.2 Å². The molecule has 2 N–H and O–H groups in total. The van der Waals surface area contributed by atoms with Gasteiger partial charge in [0.05, 0.1) is 49.0 Å². The van der Waals surface area contributed by atoms with Crippen LogP contribution >= 0.6 is 23.2 Å². The lowest BCUT2D eigenvalue weighted by Crippen LogP contribution is -2.55. The van der Waals surface area contributed by atoms with Crippen LogP contribution in [0, 0.1) is 5.82 Å². The van der Waals surface area contributed by atoms with E-state index >= 15 is 8.78 Å². The molecule has 1 fully saturated rings. The number of hydrogen-bond acceptors (Lipinski definition) is 5. The molecule has 222 valence electrons. The Morgan fingerprint density at radius 1 is 1.12 bits per heavy atom. The monoisotopic (exact) mass is 619 g/mol. The molecule has 2 unspecified atom stereocenters. The van der Waals surface area contributed by atoms with E-state index in [2.05, 4.69) is 0 Å². The van der Waals surface area contributed by atoms with Gasteiger partial charge in [-0.25, -0.2) is 8.78 Å². The maximum Gasteiger partial charge on any atom is 0.305 e. The number of nitrogens with zero attached hydrogens (tertiary/aromatic N) is 1. The van der Waals surface area contributed by atoms with Crippen molar-refractivity contribution in [2.75, 3.05) is 19.8 Å². The minimum atomic E-state index is -2.12. The van der Waals surface area contributed by atoms with Gasteiger partial charge >= 0.3 is 5.97 Å². The van der Waals surface area contributed by atoms with Crippen LogP contribution in [-0.4, -0.2) is 52.5 Å². The number of aliphatic carboxylic acids is 1. The van der Waals surface area contributed by atoms with Crippen LogP contribution < -0.4 is 0 Å². The summed E-state index contributed by atoms with van der Waals surface area (Å²) in [6.07, 6.45) is -0.371. The van der Waals surface area contributed by atoms with Gasteiger partial charge in [-0.15, -0.1) is 0 Å². The first-order valence-corrected chi connectivity index (χ1v) is 14.1. The lowest BCUT2D eigenvalue weighted by molar-refractivity contribution is -0.209. The predicted molar refractivity (Wildman–Crippen MR) is 152 cm³/mol. The molecular weight excluding hydrogens is 591 g/mol. The number of rotatable bonds is 10. The normalized spacial score (nSPS) is 21.4. The van der Waals surface area contributed by atoms with Crippen molar-refractivity contribution in [2.45, 2.75) is 49.7 Å². The maximum atomic E-state index is 16.5. The van der Waals surface area contributed by atoms with Crippen molar-refractivity contribution < 1.29 is 38.1 Å². The molecule has 42 heavy (non-hydrogen) atoms. The maximum absolute atomic E-state index is 16.5. The Labute approximate surface area is 251 Å². The summed E-state index contributed by atoms with van der Waals surface area (Å²) >= 11 is 12.3. The van der Waals surface area contributed by atoms with E-state index in [0.717, 1.165) is 11.0 Å².